The predicted molar refractivity (Wildman–Crippen MR) is 90.5 cm³/mol. The number of carbonyl (C=O) groups is 1. The molecule has 0 radical (unpaired) electrons. The molecule has 1 fully saturated rings. The van der Waals surface area contributed by atoms with Crippen LogP contribution >= 0.6 is 0 Å². The lowest BCUT2D eigenvalue weighted by Crippen LogP contribution is -2.42. The smallest absolute Gasteiger partial charge is 0.227 e. The first kappa shape index (κ1) is 15.8. The molecule has 1 aromatic carbocycles. The molecule has 0 aliphatic carbocycles. The summed E-state index contributed by atoms with van der Waals surface area (Å²) in [5, 5.41) is 0.935. The number of benzene rings is 1. The van der Waals surface area contributed by atoms with Gasteiger partial charge < -0.3 is 23.2 Å². The molecule has 6 nitrogen and oxygen atoms in total. The summed E-state index contributed by atoms with van der Waals surface area (Å²) in [5.41, 5.74) is 1.60. The van der Waals surface area contributed by atoms with E-state index in [1.807, 2.05) is 35.2 Å². The third-order valence-electron chi connectivity index (χ3n) is 4.48. The quantitative estimate of drug-likeness (QED) is 0.729. The van der Waals surface area contributed by atoms with Crippen molar-refractivity contribution >= 4 is 16.9 Å². The van der Waals surface area contributed by atoms with Gasteiger partial charge in [-0.15, -0.1) is 0 Å². The molecule has 3 aromatic rings. The molecule has 0 saturated carbocycles. The summed E-state index contributed by atoms with van der Waals surface area (Å²) in [6.45, 7) is 1.58. The maximum absolute atomic E-state index is 12.7. The number of ether oxygens (including phenoxy) is 2. The number of carbonyl (C=O) groups excluding carboxylic acids is 1. The van der Waals surface area contributed by atoms with Crippen molar-refractivity contribution in [2.45, 2.75) is 12.5 Å². The number of hydrogen-bond donors (Lipinski definition) is 0. The molecule has 2 aromatic heterocycles. The van der Waals surface area contributed by atoms with Crippen LogP contribution in [0, 0.1) is 0 Å². The van der Waals surface area contributed by atoms with E-state index in [-0.39, 0.29) is 12.0 Å². The zero-order chi connectivity index (χ0) is 17.2. The van der Waals surface area contributed by atoms with Crippen LogP contribution in [0.3, 0.4) is 0 Å². The predicted octanol–water partition coefficient (Wildman–Crippen LogP) is 3.18. The lowest BCUT2D eigenvalue weighted by Gasteiger charge is -2.32. The van der Waals surface area contributed by atoms with Crippen LogP contribution in [-0.2, 0) is 16.0 Å². The Morgan fingerprint density at radius 2 is 2.24 bits per heavy atom. The van der Waals surface area contributed by atoms with Crippen LogP contribution in [0.25, 0.3) is 11.0 Å². The van der Waals surface area contributed by atoms with Crippen molar-refractivity contribution in [3.05, 3.63) is 54.2 Å². The van der Waals surface area contributed by atoms with Crippen LogP contribution < -0.4 is 4.74 Å². The molecular formula is C19H19NO5. The van der Waals surface area contributed by atoms with Gasteiger partial charge in [-0.1, -0.05) is 0 Å². The summed E-state index contributed by atoms with van der Waals surface area (Å²) >= 11 is 0. The van der Waals surface area contributed by atoms with Crippen molar-refractivity contribution in [3.8, 4) is 5.75 Å². The van der Waals surface area contributed by atoms with E-state index in [1.54, 1.807) is 19.6 Å². The molecule has 1 unspecified atom stereocenters. The van der Waals surface area contributed by atoms with Gasteiger partial charge in [-0.05, 0) is 24.3 Å². The fourth-order valence-corrected chi connectivity index (χ4v) is 3.12. The van der Waals surface area contributed by atoms with Gasteiger partial charge in [-0.25, -0.2) is 0 Å². The average Bonchev–Trinajstić information content (AvgIpc) is 3.32. The third kappa shape index (κ3) is 3.13. The molecule has 3 heterocycles. The maximum Gasteiger partial charge on any atom is 0.227 e. The van der Waals surface area contributed by atoms with Crippen molar-refractivity contribution in [2.24, 2.45) is 0 Å². The molecule has 0 bridgehead atoms. The van der Waals surface area contributed by atoms with E-state index in [0.29, 0.717) is 26.1 Å². The topological polar surface area (TPSA) is 65.0 Å². The van der Waals surface area contributed by atoms with Gasteiger partial charge in [0.2, 0.25) is 5.91 Å². The summed E-state index contributed by atoms with van der Waals surface area (Å²) in [7, 11) is 1.61. The van der Waals surface area contributed by atoms with Gasteiger partial charge in [0.05, 0.1) is 39.2 Å². The van der Waals surface area contributed by atoms with Crippen molar-refractivity contribution in [1.29, 1.82) is 0 Å². The van der Waals surface area contributed by atoms with Gasteiger partial charge in [0.1, 0.15) is 23.2 Å². The summed E-state index contributed by atoms with van der Waals surface area (Å²) in [6.07, 6.45) is 3.35. The van der Waals surface area contributed by atoms with E-state index in [4.69, 9.17) is 18.3 Å². The van der Waals surface area contributed by atoms with Gasteiger partial charge in [0, 0.05) is 23.6 Å². The number of methoxy groups -OCH3 is 1. The van der Waals surface area contributed by atoms with Crippen LogP contribution in [-0.4, -0.2) is 37.6 Å². The van der Waals surface area contributed by atoms with Crippen molar-refractivity contribution in [2.75, 3.05) is 26.8 Å². The number of rotatable bonds is 4. The third-order valence-corrected chi connectivity index (χ3v) is 4.48. The second-order valence-electron chi connectivity index (χ2n) is 6.01. The molecule has 1 atom stereocenters. The Kier molecular flexibility index (Phi) is 4.19. The molecule has 130 valence electrons. The van der Waals surface area contributed by atoms with Crippen LogP contribution in [0.2, 0.25) is 0 Å². The number of amides is 1. The zero-order valence-electron chi connectivity index (χ0n) is 13.9. The summed E-state index contributed by atoms with van der Waals surface area (Å²) in [4.78, 5) is 14.5. The van der Waals surface area contributed by atoms with E-state index < -0.39 is 0 Å². The van der Waals surface area contributed by atoms with Gasteiger partial charge in [-0.3, -0.25) is 4.79 Å². The first-order chi connectivity index (χ1) is 12.2. The second-order valence-corrected chi connectivity index (χ2v) is 6.01. The highest BCUT2D eigenvalue weighted by atomic mass is 16.5. The molecule has 1 aliphatic rings. The number of morpholine rings is 1. The van der Waals surface area contributed by atoms with Crippen LogP contribution in [0.5, 0.6) is 5.75 Å². The molecule has 4 rings (SSSR count). The molecular weight excluding hydrogens is 322 g/mol. The van der Waals surface area contributed by atoms with Crippen molar-refractivity contribution in [1.82, 2.24) is 4.90 Å². The number of furan rings is 2. The van der Waals surface area contributed by atoms with Crippen molar-refractivity contribution < 1.29 is 23.1 Å². The maximum atomic E-state index is 12.7. The normalized spacial score (nSPS) is 17.8. The van der Waals surface area contributed by atoms with E-state index in [9.17, 15) is 4.79 Å². The molecule has 1 aliphatic heterocycles. The van der Waals surface area contributed by atoms with E-state index >= 15 is 0 Å². The van der Waals surface area contributed by atoms with Crippen LogP contribution in [0.1, 0.15) is 17.4 Å². The monoisotopic (exact) mass is 341 g/mol. The molecule has 0 N–H and O–H groups in total. The summed E-state index contributed by atoms with van der Waals surface area (Å²) < 4.78 is 21.9. The Balaban J connectivity index is 1.48. The fourth-order valence-electron chi connectivity index (χ4n) is 3.12. The molecule has 6 heteroatoms. The SMILES string of the molecule is COc1ccc2c(CC(=O)N3CCOC(c4ccco4)C3)coc2c1. The standard InChI is InChI=1S/C19H19NO5/c1-22-14-4-5-15-13(12-25-17(15)10-14)9-19(21)20-6-8-24-18(11-20)16-3-2-7-23-16/h2-5,7,10,12,18H,6,8-9,11H2,1H3. The van der Waals surface area contributed by atoms with Gasteiger partial charge in [0.15, 0.2) is 0 Å². The second kappa shape index (κ2) is 6.64. The fraction of sp³-hybridized carbons (Fsp3) is 0.316. The molecule has 1 saturated heterocycles. The molecule has 0 spiro atoms. The summed E-state index contributed by atoms with van der Waals surface area (Å²) in [5.74, 6) is 1.53. The highest BCUT2D eigenvalue weighted by molar-refractivity contribution is 5.88. The zero-order valence-corrected chi connectivity index (χ0v) is 13.9. The minimum Gasteiger partial charge on any atom is -0.497 e. The number of hydrogen-bond acceptors (Lipinski definition) is 5. The lowest BCUT2D eigenvalue weighted by atomic mass is 10.1. The van der Waals surface area contributed by atoms with Gasteiger partial charge >= 0.3 is 0 Å². The Bertz CT molecular complexity index is 867. The minimum absolute atomic E-state index is 0.0541. The van der Waals surface area contributed by atoms with Gasteiger partial charge in [-0.2, -0.15) is 0 Å². The molecule has 25 heavy (non-hydrogen) atoms. The van der Waals surface area contributed by atoms with Crippen molar-refractivity contribution in [3.63, 3.8) is 0 Å². The van der Waals surface area contributed by atoms with Crippen LogP contribution in [0.15, 0.2) is 51.7 Å². The number of fused-ring (bicyclic) bond motifs is 1. The van der Waals surface area contributed by atoms with Crippen LogP contribution in [0.4, 0.5) is 0 Å². The van der Waals surface area contributed by atoms with E-state index in [0.717, 1.165) is 28.0 Å². The highest BCUT2D eigenvalue weighted by Crippen LogP contribution is 2.27. The summed E-state index contributed by atoms with van der Waals surface area (Å²) in [6, 6.07) is 9.31. The Morgan fingerprint density at radius 1 is 1.32 bits per heavy atom. The average molecular weight is 341 g/mol. The Morgan fingerprint density at radius 3 is 3.04 bits per heavy atom. The van der Waals surface area contributed by atoms with E-state index in [2.05, 4.69) is 0 Å². The first-order valence-electron chi connectivity index (χ1n) is 8.21. The highest BCUT2D eigenvalue weighted by Gasteiger charge is 2.27. The Hall–Kier alpha value is -2.73. The largest absolute Gasteiger partial charge is 0.497 e. The first-order valence-corrected chi connectivity index (χ1v) is 8.21. The number of nitrogens with zero attached hydrogens (tertiary/aromatic N) is 1. The van der Waals surface area contributed by atoms with Gasteiger partial charge in [0.25, 0.3) is 0 Å². The lowest BCUT2D eigenvalue weighted by molar-refractivity contribution is -0.138. The van der Waals surface area contributed by atoms with E-state index in [1.165, 1.54) is 0 Å². The Labute approximate surface area is 144 Å². The molecule has 1 amide bonds. The minimum atomic E-state index is -0.210.